The first kappa shape index (κ1) is 11.2. The second-order valence-corrected chi connectivity index (χ2v) is 8.79. The number of hydroxylamine groups is 2. The van der Waals surface area contributed by atoms with E-state index >= 15 is 0 Å². The Morgan fingerprint density at radius 2 is 1.85 bits per heavy atom. The zero-order chi connectivity index (χ0) is 9.73. The third-order valence-corrected chi connectivity index (χ3v) is 4.88. The molecule has 0 aromatic carbocycles. The van der Waals surface area contributed by atoms with E-state index in [9.17, 15) is 0 Å². The highest BCUT2D eigenvalue weighted by Crippen LogP contribution is 2.19. The van der Waals surface area contributed by atoms with Crippen LogP contribution in [0.15, 0.2) is 0 Å². The van der Waals surface area contributed by atoms with Gasteiger partial charge in [-0.05, 0) is 32.0 Å². The minimum absolute atomic E-state index is 1.16. The summed E-state index contributed by atoms with van der Waals surface area (Å²) in [6, 6.07) is 1.31. The summed E-state index contributed by atoms with van der Waals surface area (Å²) in [5.74, 6) is 0. The van der Waals surface area contributed by atoms with Gasteiger partial charge in [0.05, 0.1) is 0 Å². The van der Waals surface area contributed by atoms with Crippen molar-refractivity contribution in [2.45, 2.75) is 51.7 Å². The maximum atomic E-state index is 6.07. The lowest BCUT2D eigenvalue weighted by Gasteiger charge is -2.28. The molecular formula is C10H23NOSi. The molecule has 0 atom stereocenters. The highest BCUT2D eigenvalue weighted by molar-refractivity contribution is 6.71. The summed E-state index contributed by atoms with van der Waals surface area (Å²) in [5.41, 5.74) is 0. The summed E-state index contributed by atoms with van der Waals surface area (Å²) in [6.45, 7) is 9.23. The maximum Gasteiger partial charge on any atom is 0.215 e. The molecule has 1 aliphatic rings. The Balaban J connectivity index is 2.23. The molecule has 1 saturated heterocycles. The van der Waals surface area contributed by atoms with Crippen LogP contribution in [0.3, 0.4) is 0 Å². The van der Waals surface area contributed by atoms with Gasteiger partial charge in [0.15, 0.2) is 0 Å². The lowest BCUT2D eigenvalue weighted by molar-refractivity contribution is -0.0461. The zero-order valence-corrected chi connectivity index (χ0v) is 10.3. The van der Waals surface area contributed by atoms with Crippen LogP contribution in [0.5, 0.6) is 0 Å². The fraction of sp³-hybridized carbons (Fsp3) is 1.00. The predicted octanol–water partition coefficient (Wildman–Crippen LogP) is 3.02. The average Bonchev–Trinajstić information content (AvgIpc) is 2.52. The van der Waals surface area contributed by atoms with Gasteiger partial charge in [0.25, 0.3) is 0 Å². The van der Waals surface area contributed by atoms with E-state index in [1.807, 2.05) is 0 Å². The summed E-state index contributed by atoms with van der Waals surface area (Å²) < 4.78 is 6.07. The van der Waals surface area contributed by atoms with Gasteiger partial charge in [-0.2, -0.15) is 0 Å². The van der Waals surface area contributed by atoms with Crippen molar-refractivity contribution < 1.29 is 4.53 Å². The van der Waals surface area contributed by atoms with Crippen LogP contribution >= 0.6 is 0 Å². The molecule has 0 bridgehead atoms. The molecule has 1 fully saturated rings. The van der Waals surface area contributed by atoms with E-state index in [0.29, 0.717) is 0 Å². The summed E-state index contributed by atoms with van der Waals surface area (Å²) in [6.07, 6.45) is 5.25. The molecule has 0 aromatic rings. The van der Waals surface area contributed by atoms with Crippen LogP contribution < -0.4 is 0 Å². The van der Waals surface area contributed by atoms with Gasteiger partial charge >= 0.3 is 0 Å². The van der Waals surface area contributed by atoms with E-state index in [1.165, 1.54) is 31.7 Å². The SMILES string of the molecule is CCCC[Si](C)(C)ON1CCCC1. The second-order valence-electron chi connectivity index (χ2n) is 4.59. The summed E-state index contributed by atoms with van der Waals surface area (Å²) in [4.78, 5) is 0. The largest absolute Gasteiger partial charge is 0.343 e. The molecule has 78 valence electrons. The van der Waals surface area contributed by atoms with Gasteiger partial charge in [-0.3, -0.25) is 0 Å². The first-order valence-corrected chi connectivity index (χ1v) is 8.70. The molecule has 3 heteroatoms. The number of rotatable bonds is 5. The average molecular weight is 201 g/mol. The first-order chi connectivity index (χ1) is 6.14. The van der Waals surface area contributed by atoms with E-state index in [4.69, 9.17) is 4.53 Å². The van der Waals surface area contributed by atoms with Crippen LogP contribution in [-0.4, -0.2) is 26.5 Å². The smallest absolute Gasteiger partial charge is 0.215 e. The fourth-order valence-corrected chi connectivity index (χ4v) is 3.95. The van der Waals surface area contributed by atoms with Crippen molar-refractivity contribution in [3.8, 4) is 0 Å². The van der Waals surface area contributed by atoms with Gasteiger partial charge in [-0.25, -0.2) is 5.06 Å². The van der Waals surface area contributed by atoms with Gasteiger partial charge in [0, 0.05) is 13.1 Å². The van der Waals surface area contributed by atoms with Crippen molar-refractivity contribution in [2.24, 2.45) is 0 Å². The molecule has 0 spiro atoms. The van der Waals surface area contributed by atoms with Gasteiger partial charge in [-0.1, -0.05) is 19.8 Å². The zero-order valence-electron chi connectivity index (χ0n) is 9.31. The van der Waals surface area contributed by atoms with Crippen molar-refractivity contribution >= 4 is 8.32 Å². The third-order valence-electron chi connectivity index (χ3n) is 2.57. The molecule has 13 heavy (non-hydrogen) atoms. The number of unbranched alkanes of at least 4 members (excludes halogenated alkanes) is 1. The quantitative estimate of drug-likeness (QED) is 0.634. The van der Waals surface area contributed by atoms with Crippen molar-refractivity contribution in [3.63, 3.8) is 0 Å². The van der Waals surface area contributed by atoms with E-state index in [2.05, 4.69) is 25.1 Å². The third kappa shape index (κ3) is 4.25. The molecule has 0 amide bonds. The Kier molecular flexibility index (Phi) is 4.42. The molecule has 0 saturated carbocycles. The molecule has 1 aliphatic heterocycles. The van der Waals surface area contributed by atoms with E-state index in [0.717, 1.165) is 13.1 Å². The van der Waals surface area contributed by atoms with Crippen molar-refractivity contribution in [2.75, 3.05) is 13.1 Å². The number of nitrogens with zero attached hydrogens (tertiary/aromatic N) is 1. The minimum Gasteiger partial charge on any atom is -0.343 e. The van der Waals surface area contributed by atoms with Crippen molar-refractivity contribution in [3.05, 3.63) is 0 Å². The van der Waals surface area contributed by atoms with Crippen LogP contribution in [0.4, 0.5) is 0 Å². The van der Waals surface area contributed by atoms with Crippen molar-refractivity contribution in [1.82, 2.24) is 5.06 Å². The van der Waals surface area contributed by atoms with Gasteiger partial charge in [0.2, 0.25) is 8.32 Å². The summed E-state index contributed by atoms with van der Waals surface area (Å²) in [7, 11) is -1.36. The Labute approximate surface area is 83.3 Å². The fourth-order valence-electron chi connectivity index (χ4n) is 1.78. The Morgan fingerprint density at radius 1 is 1.23 bits per heavy atom. The lowest BCUT2D eigenvalue weighted by atomic mass is 10.4. The van der Waals surface area contributed by atoms with E-state index < -0.39 is 8.32 Å². The molecule has 0 aromatic heterocycles. The van der Waals surface area contributed by atoms with Crippen LogP contribution in [0, 0.1) is 0 Å². The van der Waals surface area contributed by atoms with E-state index in [-0.39, 0.29) is 0 Å². The van der Waals surface area contributed by atoms with Gasteiger partial charge < -0.3 is 4.53 Å². The molecule has 0 aliphatic carbocycles. The molecule has 1 rings (SSSR count). The number of hydrogen-bond donors (Lipinski definition) is 0. The summed E-state index contributed by atoms with van der Waals surface area (Å²) in [5, 5.41) is 2.20. The standard InChI is InChI=1S/C10H23NOSi/c1-4-5-10-13(2,3)12-11-8-6-7-9-11/h4-10H2,1-3H3. The van der Waals surface area contributed by atoms with Crippen molar-refractivity contribution in [1.29, 1.82) is 0 Å². The van der Waals surface area contributed by atoms with Gasteiger partial charge in [-0.15, -0.1) is 0 Å². The van der Waals surface area contributed by atoms with Crippen LogP contribution in [-0.2, 0) is 4.53 Å². The summed E-state index contributed by atoms with van der Waals surface area (Å²) >= 11 is 0. The van der Waals surface area contributed by atoms with E-state index in [1.54, 1.807) is 0 Å². The normalized spacial score (nSPS) is 19.6. The Bertz CT molecular complexity index is 144. The second kappa shape index (κ2) is 5.13. The van der Waals surface area contributed by atoms with Crippen LogP contribution in [0.1, 0.15) is 32.6 Å². The lowest BCUT2D eigenvalue weighted by Crippen LogP contribution is -2.38. The molecular weight excluding hydrogens is 178 g/mol. The molecule has 2 nitrogen and oxygen atoms in total. The monoisotopic (exact) mass is 201 g/mol. The van der Waals surface area contributed by atoms with Crippen LogP contribution in [0.25, 0.3) is 0 Å². The highest BCUT2D eigenvalue weighted by atomic mass is 28.4. The Morgan fingerprint density at radius 3 is 2.38 bits per heavy atom. The molecule has 0 radical (unpaired) electrons. The first-order valence-electron chi connectivity index (χ1n) is 5.58. The minimum atomic E-state index is -1.36. The van der Waals surface area contributed by atoms with Gasteiger partial charge in [0.1, 0.15) is 0 Å². The predicted molar refractivity (Wildman–Crippen MR) is 59.1 cm³/mol. The highest BCUT2D eigenvalue weighted by Gasteiger charge is 2.26. The Hall–Kier alpha value is 0.137. The molecule has 1 heterocycles. The molecule has 0 unspecified atom stereocenters. The topological polar surface area (TPSA) is 12.5 Å². The maximum absolute atomic E-state index is 6.07. The molecule has 0 N–H and O–H groups in total. The van der Waals surface area contributed by atoms with Crippen LogP contribution in [0.2, 0.25) is 19.1 Å². The number of hydrogen-bond acceptors (Lipinski definition) is 2.